The highest BCUT2D eigenvalue weighted by Crippen LogP contribution is 2.33. The van der Waals surface area contributed by atoms with E-state index in [1.54, 1.807) is 23.6 Å². The fourth-order valence-electron chi connectivity index (χ4n) is 4.55. The van der Waals surface area contributed by atoms with Crippen LogP contribution in [0.15, 0.2) is 83.7 Å². The molecule has 3 aromatic carbocycles. The number of hydrogen-bond donors (Lipinski definition) is 1. The Morgan fingerprint density at radius 3 is 2.48 bits per heavy atom. The van der Waals surface area contributed by atoms with Gasteiger partial charge in [-0.2, -0.15) is 0 Å². The zero-order valence-corrected chi connectivity index (χ0v) is 17.8. The molecule has 0 aliphatic carbocycles. The summed E-state index contributed by atoms with van der Waals surface area (Å²) in [6.07, 6.45) is 0. The van der Waals surface area contributed by atoms with Crippen LogP contribution < -0.4 is 15.6 Å². The number of methoxy groups -OCH3 is 1. The van der Waals surface area contributed by atoms with E-state index in [4.69, 9.17) is 9.72 Å². The maximum absolute atomic E-state index is 13.3. The van der Waals surface area contributed by atoms with E-state index >= 15 is 0 Å². The average Bonchev–Trinajstić information content (AvgIpc) is 3.21. The zero-order valence-electron chi connectivity index (χ0n) is 17.8. The number of nitrogens with one attached hydrogen (secondary N) is 1. The van der Waals surface area contributed by atoms with Crippen molar-refractivity contribution in [1.29, 1.82) is 0 Å². The average molecular weight is 433 g/mol. The van der Waals surface area contributed by atoms with Crippen molar-refractivity contribution < 1.29 is 9.53 Å². The van der Waals surface area contributed by atoms with E-state index in [9.17, 15) is 9.59 Å². The molecule has 6 rings (SSSR count). The fourth-order valence-corrected chi connectivity index (χ4v) is 4.55. The van der Waals surface area contributed by atoms with Crippen LogP contribution in [0.4, 0.5) is 0 Å². The number of carbonyl (C=O) groups excluding carboxylic acids is 1. The molecule has 0 unspecified atom stereocenters. The SMILES string of the molecule is COc1cccc(CNC(=O)c2cc3c4ccccc4n4c(=O)c5ccccc5c(n2)c34)c1. The van der Waals surface area contributed by atoms with Crippen molar-refractivity contribution in [1.82, 2.24) is 14.7 Å². The highest BCUT2D eigenvalue weighted by molar-refractivity contribution is 6.20. The molecular formula is C27H19N3O3. The van der Waals surface area contributed by atoms with Crippen LogP contribution in [0.1, 0.15) is 16.1 Å². The summed E-state index contributed by atoms with van der Waals surface area (Å²) in [4.78, 5) is 31.2. The fraction of sp³-hybridized carbons (Fsp3) is 0.0741. The van der Waals surface area contributed by atoms with Crippen LogP contribution in [-0.4, -0.2) is 22.4 Å². The molecule has 0 atom stereocenters. The second-order valence-corrected chi connectivity index (χ2v) is 7.99. The summed E-state index contributed by atoms with van der Waals surface area (Å²) in [6.45, 7) is 0.349. The van der Waals surface area contributed by atoms with Crippen molar-refractivity contribution in [2.75, 3.05) is 7.11 Å². The maximum atomic E-state index is 13.3. The highest BCUT2D eigenvalue weighted by Gasteiger charge is 2.20. The smallest absolute Gasteiger partial charge is 0.270 e. The van der Waals surface area contributed by atoms with Crippen LogP contribution in [-0.2, 0) is 6.54 Å². The highest BCUT2D eigenvalue weighted by atomic mass is 16.5. The van der Waals surface area contributed by atoms with E-state index in [-0.39, 0.29) is 11.5 Å². The number of amides is 1. The number of aromatic nitrogens is 2. The first-order valence-electron chi connectivity index (χ1n) is 10.6. The lowest BCUT2D eigenvalue weighted by Gasteiger charge is -2.09. The van der Waals surface area contributed by atoms with Gasteiger partial charge < -0.3 is 10.1 Å². The molecule has 0 aliphatic heterocycles. The third-order valence-corrected chi connectivity index (χ3v) is 6.09. The topological polar surface area (TPSA) is 72.7 Å². The lowest BCUT2D eigenvalue weighted by molar-refractivity contribution is 0.0946. The second-order valence-electron chi connectivity index (χ2n) is 7.99. The molecule has 0 radical (unpaired) electrons. The molecule has 3 aromatic heterocycles. The molecule has 0 saturated heterocycles. The Balaban J connectivity index is 1.55. The molecule has 0 fully saturated rings. The molecule has 0 aliphatic rings. The predicted octanol–water partition coefficient (Wildman–Crippen LogP) is 4.53. The summed E-state index contributed by atoms with van der Waals surface area (Å²) in [6, 6.07) is 24.5. The van der Waals surface area contributed by atoms with Crippen molar-refractivity contribution in [2.45, 2.75) is 6.54 Å². The number of ether oxygens (including phenoxy) is 1. The Kier molecular flexibility index (Phi) is 4.26. The molecule has 33 heavy (non-hydrogen) atoms. The van der Waals surface area contributed by atoms with Gasteiger partial charge in [0.05, 0.1) is 23.7 Å². The van der Waals surface area contributed by atoms with Gasteiger partial charge in [0.15, 0.2) is 0 Å². The largest absolute Gasteiger partial charge is 0.497 e. The van der Waals surface area contributed by atoms with E-state index in [1.165, 1.54) is 0 Å². The first kappa shape index (κ1) is 19.3. The summed E-state index contributed by atoms with van der Waals surface area (Å²) in [7, 11) is 1.61. The first-order valence-corrected chi connectivity index (χ1v) is 10.6. The Hall–Kier alpha value is -4.45. The van der Waals surface area contributed by atoms with E-state index < -0.39 is 0 Å². The molecule has 6 aromatic rings. The molecule has 160 valence electrons. The quantitative estimate of drug-likeness (QED) is 0.415. The predicted molar refractivity (Wildman–Crippen MR) is 129 cm³/mol. The Morgan fingerprint density at radius 2 is 1.67 bits per heavy atom. The molecule has 0 spiro atoms. The van der Waals surface area contributed by atoms with Crippen molar-refractivity contribution in [3.8, 4) is 5.75 Å². The first-order chi connectivity index (χ1) is 16.2. The molecule has 0 saturated carbocycles. The van der Waals surface area contributed by atoms with E-state index in [1.807, 2.05) is 66.7 Å². The van der Waals surface area contributed by atoms with Gasteiger partial charge in [-0.1, -0.05) is 48.5 Å². The molecule has 1 amide bonds. The van der Waals surface area contributed by atoms with Crippen LogP contribution in [0, 0.1) is 0 Å². The van der Waals surface area contributed by atoms with Gasteiger partial charge in [0.2, 0.25) is 0 Å². The van der Waals surface area contributed by atoms with Crippen molar-refractivity contribution in [3.63, 3.8) is 0 Å². The van der Waals surface area contributed by atoms with E-state index in [0.717, 1.165) is 38.5 Å². The van der Waals surface area contributed by atoms with Gasteiger partial charge in [-0.05, 0) is 35.9 Å². The number of benzene rings is 3. The third kappa shape index (κ3) is 2.91. The summed E-state index contributed by atoms with van der Waals surface area (Å²) >= 11 is 0. The zero-order chi connectivity index (χ0) is 22.5. The van der Waals surface area contributed by atoms with E-state index in [0.29, 0.717) is 23.1 Å². The maximum Gasteiger partial charge on any atom is 0.270 e. The molecular weight excluding hydrogens is 414 g/mol. The minimum atomic E-state index is -0.276. The number of hydrogen-bond acceptors (Lipinski definition) is 4. The molecule has 3 heterocycles. The van der Waals surface area contributed by atoms with E-state index in [2.05, 4.69) is 5.32 Å². The Labute approximate surface area is 188 Å². The van der Waals surface area contributed by atoms with Crippen LogP contribution in [0.25, 0.3) is 38.1 Å². The summed E-state index contributed by atoms with van der Waals surface area (Å²) in [5.74, 6) is 0.460. The Morgan fingerprint density at radius 1 is 0.909 bits per heavy atom. The number of pyridine rings is 2. The summed E-state index contributed by atoms with van der Waals surface area (Å²) < 4.78 is 6.98. The van der Waals surface area contributed by atoms with Crippen LogP contribution in [0.3, 0.4) is 0 Å². The standard InChI is InChI=1S/C27H19N3O3/c1-33-17-8-6-7-16(13-17)15-28-26(31)22-14-21-18-9-4-5-12-23(18)30-25(21)24(29-22)19-10-2-3-11-20(19)27(30)32/h2-14H,15H2,1H3,(H,28,31). The lowest BCUT2D eigenvalue weighted by atomic mass is 10.1. The van der Waals surface area contributed by atoms with Gasteiger partial charge in [0, 0.05) is 28.1 Å². The third-order valence-electron chi connectivity index (χ3n) is 6.09. The molecule has 6 nitrogen and oxygen atoms in total. The van der Waals surface area contributed by atoms with Gasteiger partial charge in [-0.15, -0.1) is 0 Å². The van der Waals surface area contributed by atoms with Gasteiger partial charge in [0.25, 0.3) is 11.5 Å². The van der Waals surface area contributed by atoms with Gasteiger partial charge in [-0.25, -0.2) is 4.98 Å². The number of rotatable bonds is 4. The number of carbonyl (C=O) groups is 1. The number of fused-ring (bicyclic) bond motifs is 5. The molecule has 6 heteroatoms. The summed E-state index contributed by atoms with van der Waals surface area (Å²) in [5.41, 5.74) is 3.35. The van der Waals surface area contributed by atoms with Gasteiger partial charge in [0.1, 0.15) is 11.4 Å². The van der Waals surface area contributed by atoms with Crippen molar-refractivity contribution in [2.24, 2.45) is 0 Å². The van der Waals surface area contributed by atoms with Crippen molar-refractivity contribution in [3.05, 3.63) is 100 Å². The normalized spacial score (nSPS) is 11.5. The minimum Gasteiger partial charge on any atom is -0.497 e. The summed E-state index contributed by atoms with van der Waals surface area (Å²) in [5, 5.41) is 6.03. The van der Waals surface area contributed by atoms with Gasteiger partial charge >= 0.3 is 0 Å². The minimum absolute atomic E-state index is 0.0821. The Bertz CT molecular complexity index is 1750. The molecule has 1 N–H and O–H groups in total. The van der Waals surface area contributed by atoms with Crippen molar-refractivity contribution >= 4 is 44.0 Å². The molecule has 0 bridgehead atoms. The number of para-hydroxylation sites is 1. The van der Waals surface area contributed by atoms with Crippen LogP contribution in [0.2, 0.25) is 0 Å². The van der Waals surface area contributed by atoms with Crippen LogP contribution >= 0.6 is 0 Å². The van der Waals surface area contributed by atoms with Crippen LogP contribution in [0.5, 0.6) is 5.75 Å². The second kappa shape index (κ2) is 7.31. The number of nitrogens with zero attached hydrogens (tertiary/aromatic N) is 2. The lowest BCUT2D eigenvalue weighted by Crippen LogP contribution is -2.24. The van der Waals surface area contributed by atoms with Gasteiger partial charge in [-0.3, -0.25) is 14.0 Å². The monoisotopic (exact) mass is 433 g/mol.